The quantitative estimate of drug-likeness (QED) is 0.853. The van der Waals surface area contributed by atoms with Gasteiger partial charge in [0, 0.05) is 25.3 Å². The lowest BCUT2D eigenvalue weighted by Crippen LogP contribution is -2.21. The van der Waals surface area contributed by atoms with Crippen LogP contribution >= 0.6 is 0 Å². The first kappa shape index (κ1) is 14.8. The molecule has 0 heterocycles. The molecule has 6 heteroatoms. The van der Waals surface area contributed by atoms with Gasteiger partial charge < -0.3 is 16.0 Å². The van der Waals surface area contributed by atoms with Crippen molar-refractivity contribution in [3.05, 3.63) is 29.3 Å². The number of alkyl halides is 3. The van der Waals surface area contributed by atoms with Gasteiger partial charge in [0.2, 0.25) is 0 Å². The second kappa shape index (κ2) is 6.06. The van der Waals surface area contributed by atoms with Gasteiger partial charge in [-0.1, -0.05) is 6.07 Å². The van der Waals surface area contributed by atoms with Crippen LogP contribution in [-0.4, -0.2) is 32.1 Å². The van der Waals surface area contributed by atoms with E-state index in [2.05, 4.69) is 5.32 Å². The molecule has 1 aromatic carbocycles. The molecule has 0 radical (unpaired) electrons. The molecule has 0 spiro atoms. The molecule has 1 aromatic rings. The van der Waals surface area contributed by atoms with Gasteiger partial charge in [0.1, 0.15) is 0 Å². The lowest BCUT2D eigenvalue weighted by molar-refractivity contribution is -0.138. The third-order valence-corrected chi connectivity index (χ3v) is 2.52. The molecule has 0 aliphatic carbocycles. The summed E-state index contributed by atoms with van der Waals surface area (Å²) in [6, 6.07) is 4.14. The fourth-order valence-corrected chi connectivity index (χ4v) is 1.55. The normalized spacial score (nSPS) is 11.9. The maximum atomic E-state index is 12.8. The molecular weight excluding hydrogens is 243 g/mol. The molecule has 0 atom stereocenters. The van der Waals surface area contributed by atoms with Gasteiger partial charge in [-0.3, -0.25) is 0 Å². The minimum atomic E-state index is -4.37. The Bertz CT molecular complexity index is 389. The zero-order chi connectivity index (χ0) is 13.8. The number of hydrogen-bond donors (Lipinski definition) is 2. The van der Waals surface area contributed by atoms with Crippen molar-refractivity contribution in [1.29, 1.82) is 0 Å². The molecule has 0 amide bonds. The Kier molecular flexibility index (Phi) is 4.98. The first-order valence-corrected chi connectivity index (χ1v) is 5.63. The monoisotopic (exact) mass is 261 g/mol. The highest BCUT2D eigenvalue weighted by Crippen LogP contribution is 2.33. The molecule has 1 rings (SSSR count). The van der Waals surface area contributed by atoms with Gasteiger partial charge in [-0.25, -0.2) is 0 Å². The fraction of sp³-hybridized carbons (Fsp3) is 0.500. The van der Waals surface area contributed by atoms with Crippen LogP contribution in [-0.2, 0) is 12.7 Å². The first-order valence-electron chi connectivity index (χ1n) is 5.63. The van der Waals surface area contributed by atoms with Crippen molar-refractivity contribution in [3.63, 3.8) is 0 Å². The molecule has 0 aliphatic heterocycles. The van der Waals surface area contributed by atoms with Crippen LogP contribution in [0.3, 0.4) is 0 Å². The number of nitrogens with one attached hydrogen (secondary N) is 1. The zero-order valence-electron chi connectivity index (χ0n) is 10.5. The van der Waals surface area contributed by atoms with Crippen molar-refractivity contribution in [2.75, 3.05) is 32.5 Å². The summed E-state index contributed by atoms with van der Waals surface area (Å²) >= 11 is 0. The second-order valence-corrected chi connectivity index (χ2v) is 4.30. The maximum absolute atomic E-state index is 12.8. The van der Waals surface area contributed by atoms with E-state index in [0.29, 0.717) is 12.2 Å². The van der Waals surface area contributed by atoms with Crippen LogP contribution in [0.15, 0.2) is 18.2 Å². The molecule has 0 fully saturated rings. The number of halogens is 3. The SMILES string of the molecule is CN(C)CCNc1ccc(CN)c(C(F)(F)F)c1. The topological polar surface area (TPSA) is 41.3 Å². The van der Waals surface area contributed by atoms with Crippen molar-refractivity contribution in [3.8, 4) is 0 Å². The molecule has 3 nitrogen and oxygen atoms in total. The number of hydrogen-bond acceptors (Lipinski definition) is 3. The molecule has 0 saturated heterocycles. The van der Waals surface area contributed by atoms with Gasteiger partial charge in [-0.05, 0) is 31.8 Å². The summed E-state index contributed by atoms with van der Waals surface area (Å²) in [6.45, 7) is 1.22. The predicted molar refractivity (Wildman–Crippen MR) is 66.4 cm³/mol. The Morgan fingerprint density at radius 3 is 2.44 bits per heavy atom. The predicted octanol–water partition coefficient (Wildman–Crippen LogP) is 2.14. The molecule has 0 aliphatic rings. The zero-order valence-corrected chi connectivity index (χ0v) is 10.5. The van der Waals surface area contributed by atoms with Gasteiger partial charge in [0.05, 0.1) is 5.56 Å². The summed E-state index contributed by atoms with van der Waals surface area (Å²) in [7, 11) is 3.81. The van der Waals surface area contributed by atoms with E-state index in [1.54, 1.807) is 6.07 Å². The molecule has 0 unspecified atom stereocenters. The third kappa shape index (κ3) is 4.19. The molecule has 102 valence electrons. The van der Waals surface area contributed by atoms with Crippen molar-refractivity contribution in [1.82, 2.24) is 4.90 Å². The van der Waals surface area contributed by atoms with Crippen LogP contribution in [0.25, 0.3) is 0 Å². The van der Waals surface area contributed by atoms with E-state index < -0.39 is 11.7 Å². The number of likely N-dealkylation sites (N-methyl/N-ethyl adjacent to an activating group) is 1. The number of anilines is 1. The van der Waals surface area contributed by atoms with E-state index in [-0.39, 0.29) is 12.1 Å². The van der Waals surface area contributed by atoms with E-state index in [0.717, 1.165) is 12.6 Å². The minimum absolute atomic E-state index is 0.112. The van der Waals surface area contributed by atoms with Crippen LogP contribution in [0.2, 0.25) is 0 Å². The molecule has 3 N–H and O–H groups in total. The van der Waals surface area contributed by atoms with Crippen LogP contribution < -0.4 is 11.1 Å². The Hall–Kier alpha value is -1.27. The molecular formula is C12H18F3N3. The smallest absolute Gasteiger partial charge is 0.384 e. The molecule has 0 aromatic heterocycles. The van der Waals surface area contributed by atoms with E-state index in [1.165, 1.54) is 6.07 Å². The Labute approximate surface area is 105 Å². The van der Waals surface area contributed by atoms with E-state index in [9.17, 15) is 13.2 Å². The summed E-state index contributed by atoms with van der Waals surface area (Å²) in [4.78, 5) is 1.95. The summed E-state index contributed by atoms with van der Waals surface area (Å²) in [5.41, 5.74) is 5.21. The minimum Gasteiger partial charge on any atom is -0.384 e. The van der Waals surface area contributed by atoms with Gasteiger partial charge in [-0.2, -0.15) is 13.2 Å². The van der Waals surface area contributed by atoms with Crippen LogP contribution in [0, 0.1) is 0 Å². The summed E-state index contributed by atoms with van der Waals surface area (Å²) < 4.78 is 38.3. The highest BCUT2D eigenvalue weighted by atomic mass is 19.4. The third-order valence-electron chi connectivity index (χ3n) is 2.52. The Morgan fingerprint density at radius 2 is 1.94 bits per heavy atom. The van der Waals surface area contributed by atoms with Crippen LogP contribution in [0.5, 0.6) is 0 Å². The van der Waals surface area contributed by atoms with Crippen LogP contribution in [0.4, 0.5) is 18.9 Å². The second-order valence-electron chi connectivity index (χ2n) is 4.30. The molecule has 0 bridgehead atoms. The largest absolute Gasteiger partial charge is 0.416 e. The number of nitrogens with zero attached hydrogens (tertiary/aromatic N) is 1. The molecule has 0 saturated carbocycles. The average Bonchev–Trinajstić information content (AvgIpc) is 2.27. The summed E-state index contributed by atoms with van der Waals surface area (Å²) in [5, 5.41) is 2.96. The van der Waals surface area contributed by atoms with Gasteiger partial charge in [0.15, 0.2) is 0 Å². The standard InChI is InChI=1S/C12H18F3N3/c1-18(2)6-5-17-10-4-3-9(8-16)11(7-10)12(13,14)15/h3-4,7,17H,5-6,8,16H2,1-2H3. The van der Waals surface area contributed by atoms with E-state index >= 15 is 0 Å². The number of rotatable bonds is 5. The van der Waals surface area contributed by atoms with Crippen molar-refractivity contribution in [2.45, 2.75) is 12.7 Å². The lowest BCUT2D eigenvalue weighted by atomic mass is 10.1. The fourth-order valence-electron chi connectivity index (χ4n) is 1.55. The van der Waals surface area contributed by atoms with Gasteiger partial charge >= 0.3 is 6.18 Å². The van der Waals surface area contributed by atoms with E-state index in [4.69, 9.17) is 5.73 Å². The first-order chi connectivity index (χ1) is 8.34. The average molecular weight is 261 g/mol. The highest BCUT2D eigenvalue weighted by Gasteiger charge is 2.33. The molecule has 18 heavy (non-hydrogen) atoms. The van der Waals surface area contributed by atoms with E-state index in [1.807, 2.05) is 19.0 Å². The highest BCUT2D eigenvalue weighted by molar-refractivity contribution is 5.49. The van der Waals surface area contributed by atoms with Gasteiger partial charge in [-0.15, -0.1) is 0 Å². The number of nitrogens with two attached hydrogens (primary N) is 1. The van der Waals surface area contributed by atoms with Crippen molar-refractivity contribution >= 4 is 5.69 Å². The lowest BCUT2D eigenvalue weighted by Gasteiger charge is -2.15. The van der Waals surface area contributed by atoms with Crippen molar-refractivity contribution < 1.29 is 13.2 Å². The maximum Gasteiger partial charge on any atom is 0.416 e. The van der Waals surface area contributed by atoms with Gasteiger partial charge in [0.25, 0.3) is 0 Å². The van der Waals surface area contributed by atoms with Crippen molar-refractivity contribution in [2.24, 2.45) is 5.73 Å². The summed E-state index contributed by atoms with van der Waals surface area (Å²) in [6.07, 6.45) is -4.37. The Morgan fingerprint density at radius 1 is 1.28 bits per heavy atom. The Balaban J connectivity index is 2.83. The number of benzene rings is 1. The van der Waals surface area contributed by atoms with Crippen LogP contribution in [0.1, 0.15) is 11.1 Å². The summed E-state index contributed by atoms with van der Waals surface area (Å²) in [5.74, 6) is 0.